The zero-order valence-corrected chi connectivity index (χ0v) is 12.7. The van der Waals surface area contributed by atoms with Gasteiger partial charge in [-0.05, 0) is 69.8 Å². The summed E-state index contributed by atoms with van der Waals surface area (Å²) in [6.07, 6.45) is 4.79. The molecule has 3 heteroatoms. The topological polar surface area (TPSA) is 30.5 Å². The highest BCUT2D eigenvalue weighted by molar-refractivity contribution is 5.40. The van der Waals surface area contributed by atoms with Crippen molar-refractivity contribution in [1.29, 1.82) is 0 Å². The maximum atomic E-state index is 5.96. The maximum Gasteiger partial charge on any atom is 0.119 e. The molecule has 1 heterocycles. The molecule has 3 nitrogen and oxygen atoms in total. The Morgan fingerprint density at radius 2 is 2.20 bits per heavy atom. The van der Waals surface area contributed by atoms with Crippen LogP contribution < -0.4 is 10.1 Å². The zero-order chi connectivity index (χ0) is 14.2. The van der Waals surface area contributed by atoms with Gasteiger partial charge >= 0.3 is 0 Å². The lowest BCUT2D eigenvalue weighted by molar-refractivity contribution is -0.0326. The zero-order valence-electron chi connectivity index (χ0n) is 12.7. The van der Waals surface area contributed by atoms with E-state index in [2.05, 4.69) is 37.4 Å². The number of nitrogens with one attached hydrogen (secondary N) is 1. The van der Waals surface area contributed by atoms with Crippen LogP contribution in [0.1, 0.15) is 50.3 Å². The van der Waals surface area contributed by atoms with Gasteiger partial charge in [0.1, 0.15) is 12.4 Å². The highest BCUT2D eigenvalue weighted by atomic mass is 16.6. The molecule has 20 heavy (non-hydrogen) atoms. The molecule has 1 N–H and O–H groups in total. The molecule has 1 aliphatic carbocycles. The average molecular weight is 275 g/mol. The lowest BCUT2D eigenvalue weighted by Crippen LogP contribution is -2.23. The van der Waals surface area contributed by atoms with Gasteiger partial charge in [-0.2, -0.15) is 0 Å². The molecule has 0 saturated carbocycles. The van der Waals surface area contributed by atoms with E-state index in [0.29, 0.717) is 12.6 Å². The van der Waals surface area contributed by atoms with Crippen LogP contribution in [0.25, 0.3) is 0 Å². The van der Waals surface area contributed by atoms with Crippen LogP contribution in [0.2, 0.25) is 0 Å². The van der Waals surface area contributed by atoms with Crippen molar-refractivity contribution in [1.82, 2.24) is 5.32 Å². The van der Waals surface area contributed by atoms with E-state index in [9.17, 15) is 0 Å². The van der Waals surface area contributed by atoms with Crippen molar-refractivity contribution in [3.05, 3.63) is 29.3 Å². The molecular formula is C17H25NO2. The summed E-state index contributed by atoms with van der Waals surface area (Å²) >= 11 is 0. The summed E-state index contributed by atoms with van der Waals surface area (Å²) in [5, 5.41) is 3.36. The van der Waals surface area contributed by atoms with Crippen LogP contribution in [0.15, 0.2) is 18.2 Å². The number of aryl methyl sites for hydroxylation is 1. The summed E-state index contributed by atoms with van der Waals surface area (Å²) in [4.78, 5) is 0. The minimum Gasteiger partial charge on any atom is -0.491 e. The van der Waals surface area contributed by atoms with Gasteiger partial charge in [-0.15, -0.1) is 0 Å². The predicted molar refractivity (Wildman–Crippen MR) is 80.2 cm³/mol. The van der Waals surface area contributed by atoms with Crippen molar-refractivity contribution in [2.24, 2.45) is 0 Å². The SMILES string of the molecule is CNC1CCc2cc(OCC3CCC(C)(C)O3)ccc21. The highest BCUT2D eigenvalue weighted by Crippen LogP contribution is 2.34. The Morgan fingerprint density at radius 3 is 2.90 bits per heavy atom. The second-order valence-electron chi connectivity index (χ2n) is 6.59. The molecular weight excluding hydrogens is 250 g/mol. The summed E-state index contributed by atoms with van der Waals surface area (Å²) in [6, 6.07) is 7.01. The molecule has 2 atom stereocenters. The molecule has 2 unspecified atom stereocenters. The first-order chi connectivity index (χ1) is 9.57. The number of fused-ring (bicyclic) bond motifs is 1. The second kappa shape index (κ2) is 5.38. The molecule has 0 radical (unpaired) electrons. The standard InChI is InChI=1S/C17H25NO2/c1-17(2)9-8-14(20-17)11-19-13-5-6-15-12(10-13)4-7-16(15)18-3/h5-6,10,14,16,18H,4,7-9,11H2,1-3H3. The van der Waals surface area contributed by atoms with E-state index in [1.54, 1.807) is 0 Å². The lowest BCUT2D eigenvalue weighted by atomic mass is 10.1. The van der Waals surface area contributed by atoms with Crippen molar-refractivity contribution in [3.8, 4) is 5.75 Å². The first-order valence-corrected chi connectivity index (χ1v) is 7.68. The minimum atomic E-state index is 0.0198. The normalized spacial score (nSPS) is 27.6. The summed E-state index contributed by atoms with van der Waals surface area (Å²) in [6.45, 7) is 4.97. The van der Waals surface area contributed by atoms with Gasteiger partial charge in [0.2, 0.25) is 0 Å². The van der Waals surface area contributed by atoms with E-state index >= 15 is 0 Å². The fourth-order valence-electron chi connectivity index (χ4n) is 3.37. The smallest absolute Gasteiger partial charge is 0.119 e. The molecule has 0 bridgehead atoms. The number of hydrogen-bond acceptors (Lipinski definition) is 3. The largest absolute Gasteiger partial charge is 0.491 e. The third-order valence-electron chi connectivity index (χ3n) is 4.53. The van der Waals surface area contributed by atoms with E-state index in [-0.39, 0.29) is 11.7 Å². The van der Waals surface area contributed by atoms with Crippen molar-refractivity contribution in [3.63, 3.8) is 0 Å². The first kappa shape index (κ1) is 13.9. The van der Waals surface area contributed by atoms with Crippen LogP contribution in [0.3, 0.4) is 0 Å². The number of hydrogen-bond donors (Lipinski definition) is 1. The number of benzene rings is 1. The van der Waals surface area contributed by atoms with Crippen molar-refractivity contribution < 1.29 is 9.47 Å². The Hall–Kier alpha value is -1.06. The average Bonchev–Trinajstić information content (AvgIpc) is 2.98. The van der Waals surface area contributed by atoms with Crippen LogP contribution in [0.5, 0.6) is 5.75 Å². The molecule has 1 saturated heterocycles. The van der Waals surface area contributed by atoms with Gasteiger partial charge in [0.15, 0.2) is 0 Å². The molecule has 3 rings (SSSR count). The van der Waals surface area contributed by atoms with Gasteiger partial charge in [-0.1, -0.05) is 6.07 Å². The van der Waals surface area contributed by atoms with Crippen molar-refractivity contribution in [2.45, 2.75) is 57.3 Å². The molecule has 0 aromatic heterocycles. The van der Waals surface area contributed by atoms with Gasteiger partial charge in [0, 0.05) is 6.04 Å². The van der Waals surface area contributed by atoms with Gasteiger partial charge < -0.3 is 14.8 Å². The monoisotopic (exact) mass is 275 g/mol. The first-order valence-electron chi connectivity index (χ1n) is 7.68. The molecule has 1 aromatic carbocycles. The Labute approximate surface area is 121 Å². The fourth-order valence-corrected chi connectivity index (χ4v) is 3.37. The number of rotatable bonds is 4. The van der Waals surface area contributed by atoms with E-state index in [1.807, 2.05) is 7.05 Å². The minimum absolute atomic E-state index is 0.0198. The summed E-state index contributed by atoms with van der Waals surface area (Å²) < 4.78 is 11.9. The lowest BCUT2D eigenvalue weighted by Gasteiger charge is -2.19. The van der Waals surface area contributed by atoms with E-state index in [0.717, 1.165) is 25.0 Å². The number of ether oxygens (including phenoxy) is 2. The second-order valence-corrected chi connectivity index (χ2v) is 6.59. The summed E-state index contributed by atoms with van der Waals surface area (Å²) in [7, 11) is 2.03. The molecule has 1 fully saturated rings. The van der Waals surface area contributed by atoms with Crippen molar-refractivity contribution >= 4 is 0 Å². The predicted octanol–water partition coefficient (Wildman–Crippen LogP) is 3.23. The van der Waals surface area contributed by atoms with Crippen LogP contribution in [-0.2, 0) is 11.2 Å². The van der Waals surface area contributed by atoms with Gasteiger partial charge in [0.25, 0.3) is 0 Å². The Kier molecular flexibility index (Phi) is 3.74. The Bertz CT molecular complexity index is 484. The Morgan fingerprint density at radius 1 is 1.35 bits per heavy atom. The fraction of sp³-hybridized carbons (Fsp3) is 0.647. The maximum absolute atomic E-state index is 5.96. The third-order valence-corrected chi connectivity index (χ3v) is 4.53. The van der Waals surface area contributed by atoms with Gasteiger partial charge in [-0.3, -0.25) is 0 Å². The highest BCUT2D eigenvalue weighted by Gasteiger charge is 2.32. The van der Waals surface area contributed by atoms with Crippen LogP contribution in [0.4, 0.5) is 0 Å². The third kappa shape index (κ3) is 2.84. The van der Waals surface area contributed by atoms with E-state index < -0.39 is 0 Å². The van der Waals surface area contributed by atoms with E-state index in [1.165, 1.54) is 17.5 Å². The van der Waals surface area contributed by atoms with E-state index in [4.69, 9.17) is 9.47 Å². The molecule has 2 aliphatic rings. The molecule has 110 valence electrons. The van der Waals surface area contributed by atoms with Crippen LogP contribution >= 0.6 is 0 Å². The molecule has 1 aromatic rings. The van der Waals surface area contributed by atoms with Crippen LogP contribution in [0, 0.1) is 0 Å². The molecule has 1 aliphatic heterocycles. The van der Waals surface area contributed by atoms with Crippen LogP contribution in [-0.4, -0.2) is 25.4 Å². The Balaban J connectivity index is 1.59. The summed E-state index contributed by atoms with van der Waals surface area (Å²) in [5.74, 6) is 0.980. The van der Waals surface area contributed by atoms with Gasteiger partial charge in [0.05, 0.1) is 11.7 Å². The molecule has 0 amide bonds. The quantitative estimate of drug-likeness (QED) is 0.915. The van der Waals surface area contributed by atoms with Gasteiger partial charge in [-0.25, -0.2) is 0 Å². The molecule has 0 spiro atoms. The van der Waals surface area contributed by atoms with Crippen molar-refractivity contribution in [2.75, 3.05) is 13.7 Å². The summed E-state index contributed by atoms with van der Waals surface area (Å²) in [5.41, 5.74) is 2.87.